The second kappa shape index (κ2) is 6.04. The lowest BCUT2D eigenvalue weighted by Crippen LogP contribution is -2.23. The third-order valence-electron chi connectivity index (χ3n) is 3.08. The van der Waals surface area contributed by atoms with Crippen LogP contribution in [0.1, 0.15) is 6.92 Å². The van der Waals surface area contributed by atoms with Gasteiger partial charge in [0.25, 0.3) is 5.56 Å². The number of rotatable bonds is 5. The van der Waals surface area contributed by atoms with Gasteiger partial charge in [0.15, 0.2) is 5.65 Å². The molecule has 6 nitrogen and oxygen atoms in total. The Kier molecular flexibility index (Phi) is 4.18. The van der Waals surface area contributed by atoms with Crippen molar-refractivity contribution >= 4 is 16.7 Å². The van der Waals surface area contributed by atoms with Crippen molar-refractivity contribution in [1.82, 2.24) is 14.7 Å². The molecule has 2 aromatic heterocycles. The van der Waals surface area contributed by atoms with E-state index in [2.05, 4.69) is 28.4 Å². The summed E-state index contributed by atoms with van der Waals surface area (Å²) in [6, 6.07) is 1.20. The molecule has 0 aliphatic carbocycles. The number of hydrogen-bond acceptors (Lipinski definition) is 5. The van der Waals surface area contributed by atoms with E-state index in [9.17, 15) is 10.0 Å². The molecule has 6 heteroatoms. The Morgan fingerprint density at radius 1 is 1.52 bits per heavy atom. The average Bonchev–Trinajstić information content (AvgIpc) is 2.50. The van der Waals surface area contributed by atoms with Crippen LogP contribution in [0.15, 0.2) is 60.3 Å². The average molecular weight is 284 g/mol. The van der Waals surface area contributed by atoms with E-state index in [0.717, 1.165) is 5.57 Å². The molecule has 0 aromatic carbocycles. The minimum atomic E-state index is -0.566. The highest BCUT2D eigenvalue weighted by molar-refractivity contribution is 5.88. The Morgan fingerprint density at radius 2 is 2.29 bits per heavy atom. The van der Waals surface area contributed by atoms with Gasteiger partial charge in [0, 0.05) is 18.3 Å². The molecule has 0 saturated heterocycles. The van der Waals surface area contributed by atoms with E-state index in [0.29, 0.717) is 15.8 Å². The van der Waals surface area contributed by atoms with Crippen molar-refractivity contribution in [2.75, 3.05) is 5.32 Å². The molecular weight excluding hydrogens is 268 g/mol. The summed E-state index contributed by atoms with van der Waals surface area (Å²) < 4.78 is 0.501. The summed E-state index contributed by atoms with van der Waals surface area (Å²) in [6.45, 7) is 9.33. The van der Waals surface area contributed by atoms with Crippen molar-refractivity contribution in [3.8, 4) is 0 Å². The lowest BCUT2D eigenvalue weighted by molar-refractivity contribution is 0.186. The third-order valence-corrected chi connectivity index (χ3v) is 3.08. The van der Waals surface area contributed by atoms with Crippen molar-refractivity contribution in [2.24, 2.45) is 0 Å². The van der Waals surface area contributed by atoms with Gasteiger partial charge in [0.2, 0.25) is 0 Å². The Labute approximate surface area is 121 Å². The maximum absolute atomic E-state index is 11.8. The van der Waals surface area contributed by atoms with Gasteiger partial charge < -0.3 is 10.5 Å². The summed E-state index contributed by atoms with van der Waals surface area (Å²) in [6.07, 6.45) is 8.02. The van der Waals surface area contributed by atoms with Gasteiger partial charge in [0.05, 0.1) is 11.1 Å². The Hall–Kier alpha value is -2.89. The van der Waals surface area contributed by atoms with Crippen LogP contribution in [0.4, 0.5) is 5.69 Å². The van der Waals surface area contributed by atoms with Crippen LogP contribution in [-0.2, 0) is 0 Å². The van der Waals surface area contributed by atoms with Crippen LogP contribution in [0, 0.1) is 0 Å². The van der Waals surface area contributed by atoms with Gasteiger partial charge in [-0.2, -0.15) is 0 Å². The Bertz CT molecular complexity index is 777. The molecule has 21 heavy (non-hydrogen) atoms. The second-order valence-electron chi connectivity index (χ2n) is 4.44. The van der Waals surface area contributed by atoms with Crippen LogP contribution in [0.3, 0.4) is 0 Å². The molecular formula is C15H16N4O2. The molecule has 0 bridgehead atoms. The molecule has 0 amide bonds. The fourth-order valence-electron chi connectivity index (χ4n) is 2.01. The molecule has 0 aliphatic heterocycles. The van der Waals surface area contributed by atoms with Gasteiger partial charge in [-0.15, -0.1) is 4.73 Å². The first kappa shape index (κ1) is 14.5. The molecule has 1 unspecified atom stereocenters. The maximum atomic E-state index is 11.8. The standard InChI is InChI=1S/C15H16N4O2/c1-4-6-11(5-2)10(3)18-13-7-14(20)19(21)15-12(13)8-16-9-17-15/h4-10,18,21H,1-2H2,3H3/b11-6+. The maximum Gasteiger partial charge on any atom is 0.286 e. The SMILES string of the molecule is C=C/C=C(\C=C)C(C)Nc1cc(=O)n(O)c2ncncc12. The zero-order valence-electron chi connectivity index (χ0n) is 11.7. The van der Waals surface area contributed by atoms with E-state index in [1.54, 1.807) is 12.2 Å². The predicted octanol–water partition coefficient (Wildman–Crippen LogP) is 2.13. The van der Waals surface area contributed by atoms with E-state index >= 15 is 0 Å². The zero-order chi connectivity index (χ0) is 15.4. The summed E-state index contributed by atoms with van der Waals surface area (Å²) >= 11 is 0. The molecule has 0 fully saturated rings. The fourth-order valence-corrected chi connectivity index (χ4v) is 2.01. The smallest absolute Gasteiger partial charge is 0.286 e. The van der Waals surface area contributed by atoms with Crippen molar-refractivity contribution in [1.29, 1.82) is 0 Å². The number of fused-ring (bicyclic) bond motifs is 1. The number of hydrogen-bond donors (Lipinski definition) is 2. The van der Waals surface area contributed by atoms with Crippen LogP contribution in [0.2, 0.25) is 0 Å². The molecule has 0 spiro atoms. The molecule has 2 rings (SSSR count). The Balaban J connectivity index is 2.50. The zero-order valence-corrected chi connectivity index (χ0v) is 11.7. The molecule has 2 aromatic rings. The first-order chi connectivity index (χ1) is 10.1. The van der Waals surface area contributed by atoms with Crippen LogP contribution < -0.4 is 10.9 Å². The number of allylic oxidation sites excluding steroid dienone is 2. The van der Waals surface area contributed by atoms with Crippen molar-refractivity contribution in [2.45, 2.75) is 13.0 Å². The number of nitrogens with one attached hydrogen (secondary N) is 1. The molecule has 0 aliphatic rings. The highest BCUT2D eigenvalue weighted by Crippen LogP contribution is 2.20. The first-order valence-electron chi connectivity index (χ1n) is 6.35. The number of aromatic nitrogens is 3. The van der Waals surface area contributed by atoms with Crippen LogP contribution >= 0.6 is 0 Å². The monoisotopic (exact) mass is 284 g/mol. The number of nitrogens with zero attached hydrogens (tertiary/aromatic N) is 3. The van der Waals surface area contributed by atoms with E-state index in [1.807, 2.05) is 13.0 Å². The minimum Gasteiger partial charge on any atom is -0.423 e. The second-order valence-corrected chi connectivity index (χ2v) is 4.44. The molecule has 2 N–H and O–H groups in total. The number of pyridine rings is 1. The predicted molar refractivity (Wildman–Crippen MR) is 82.5 cm³/mol. The number of anilines is 1. The van der Waals surface area contributed by atoms with Gasteiger partial charge in [-0.05, 0) is 12.5 Å². The normalized spacial score (nSPS) is 12.9. The van der Waals surface area contributed by atoms with Gasteiger partial charge in [-0.3, -0.25) is 4.79 Å². The lowest BCUT2D eigenvalue weighted by Gasteiger charge is -2.17. The molecule has 0 saturated carbocycles. The third kappa shape index (κ3) is 2.84. The molecule has 0 radical (unpaired) electrons. The summed E-state index contributed by atoms with van der Waals surface area (Å²) in [5.41, 5.74) is 1.05. The van der Waals surface area contributed by atoms with Gasteiger partial charge in [-0.1, -0.05) is 31.4 Å². The summed E-state index contributed by atoms with van der Waals surface area (Å²) in [5.74, 6) is 0. The summed E-state index contributed by atoms with van der Waals surface area (Å²) in [4.78, 5) is 19.6. The van der Waals surface area contributed by atoms with Crippen LogP contribution in [0.5, 0.6) is 0 Å². The van der Waals surface area contributed by atoms with E-state index in [-0.39, 0.29) is 11.7 Å². The molecule has 1 atom stereocenters. The Morgan fingerprint density at radius 3 is 2.95 bits per heavy atom. The van der Waals surface area contributed by atoms with Crippen LogP contribution in [0.25, 0.3) is 11.0 Å². The largest absolute Gasteiger partial charge is 0.423 e. The molecule has 2 heterocycles. The fraction of sp³-hybridized carbons (Fsp3) is 0.133. The lowest BCUT2D eigenvalue weighted by atomic mass is 10.1. The van der Waals surface area contributed by atoms with Gasteiger partial charge in [-0.25, -0.2) is 9.97 Å². The van der Waals surface area contributed by atoms with Gasteiger partial charge in [0.1, 0.15) is 6.33 Å². The highest BCUT2D eigenvalue weighted by Gasteiger charge is 2.12. The highest BCUT2D eigenvalue weighted by atomic mass is 16.5. The minimum absolute atomic E-state index is 0.0992. The van der Waals surface area contributed by atoms with E-state index in [1.165, 1.54) is 18.6 Å². The van der Waals surface area contributed by atoms with Crippen molar-refractivity contribution in [3.63, 3.8) is 0 Å². The summed E-state index contributed by atoms with van der Waals surface area (Å²) in [5, 5.41) is 13.4. The van der Waals surface area contributed by atoms with Crippen molar-refractivity contribution < 1.29 is 5.21 Å². The van der Waals surface area contributed by atoms with Crippen LogP contribution in [-0.4, -0.2) is 25.9 Å². The van der Waals surface area contributed by atoms with E-state index in [4.69, 9.17) is 0 Å². The topological polar surface area (TPSA) is 80.0 Å². The summed E-state index contributed by atoms with van der Waals surface area (Å²) in [7, 11) is 0. The van der Waals surface area contributed by atoms with E-state index < -0.39 is 5.56 Å². The van der Waals surface area contributed by atoms with Gasteiger partial charge >= 0.3 is 0 Å². The quantitative estimate of drug-likeness (QED) is 0.649. The molecule has 108 valence electrons. The van der Waals surface area contributed by atoms with Crippen molar-refractivity contribution in [3.05, 3.63) is 65.9 Å². The first-order valence-corrected chi connectivity index (χ1v) is 6.35.